The minimum absolute atomic E-state index is 0.0258. The topological polar surface area (TPSA) is 51.2 Å². The van der Waals surface area contributed by atoms with Crippen LogP contribution in [-0.4, -0.2) is 17.3 Å². The maximum absolute atomic E-state index is 13.7. The van der Waals surface area contributed by atoms with Crippen LogP contribution >= 0.6 is 0 Å². The number of rotatable bonds is 13. The van der Waals surface area contributed by atoms with E-state index < -0.39 is 0 Å². The van der Waals surface area contributed by atoms with Crippen LogP contribution in [0.5, 0.6) is 0 Å². The molecular weight excluding hydrogens is 540 g/mol. The zero-order chi connectivity index (χ0) is 32.6. The summed E-state index contributed by atoms with van der Waals surface area (Å²) in [6.07, 6.45) is 23.7. The van der Waals surface area contributed by atoms with Gasteiger partial charge in [-0.2, -0.15) is 0 Å². The normalized spacial score (nSPS) is 21.8. The number of hydrogen-bond acceptors (Lipinski definition) is 3. The molecule has 0 saturated heterocycles. The first-order valence-corrected chi connectivity index (χ1v) is 17.4. The molecule has 0 aromatic heterocycles. The van der Waals surface area contributed by atoms with Crippen LogP contribution in [0, 0.1) is 30.6 Å². The average molecular weight is 601 g/mol. The first kappa shape index (κ1) is 37.4. The number of allylic oxidation sites excluding steroid dienone is 8. The summed E-state index contributed by atoms with van der Waals surface area (Å²) < 4.78 is 0. The number of carbonyl (C=O) groups is 3. The average Bonchev–Trinajstić information content (AvgIpc) is 2.95. The quantitative estimate of drug-likeness (QED) is 0.212. The third kappa shape index (κ3) is 11.6. The van der Waals surface area contributed by atoms with Gasteiger partial charge in [-0.15, -0.1) is 0 Å². The minimum Gasteiger partial charge on any atom is -0.300 e. The summed E-state index contributed by atoms with van der Waals surface area (Å²) in [5.74, 6) is 1.23. The van der Waals surface area contributed by atoms with Crippen LogP contribution < -0.4 is 0 Å². The van der Waals surface area contributed by atoms with Crippen molar-refractivity contribution in [1.29, 1.82) is 0 Å². The maximum Gasteiger partial charge on any atom is 0.163 e. The highest BCUT2D eigenvalue weighted by atomic mass is 16.1. The van der Waals surface area contributed by atoms with E-state index in [0.29, 0.717) is 12.3 Å². The summed E-state index contributed by atoms with van der Waals surface area (Å²) in [7, 11) is 0. The highest BCUT2D eigenvalue weighted by molar-refractivity contribution is 6.01. The molecule has 242 valence electrons. The Morgan fingerprint density at radius 2 is 1.61 bits per heavy atom. The van der Waals surface area contributed by atoms with E-state index in [1.807, 2.05) is 0 Å². The van der Waals surface area contributed by atoms with E-state index in [2.05, 4.69) is 97.1 Å². The van der Waals surface area contributed by atoms with Crippen LogP contribution in [0.15, 0.2) is 54.2 Å². The van der Waals surface area contributed by atoms with Gasteiger partial charge in [-0.05, 0) is 98.8 Å². The Morgan fingerprint density at radius 1 is 0.932 bits per heavy atom. The molecule has 0 spiro atoms. The van der Waals surface area contributed by atoms with Gasteiger partial charge in [0.15, 0.2) is 5.78 Å². The van der Waals surface area contributed by atoms with Crippen molar-refractivity contribution in [3.63, 3.8) is 0 Å². The summed E-state index contributed by atoms with van der Waals surface area (Å²) in [4.78, 5) is 38.4. The lowest BCUT2D eigenvalue weighted by Crippen LogP contribution is -2.30. The van der Waals surface area contributed by atoms with Crippen LogP contribution in [0.25, 0.3) is 5.57 Å². The van der Waals surface area contributed by atoms with Gasteiger partial charge in [-0.1, -0.05) is 115 Å². The SMILES string of the molecule is CCC.CCCC(CC1CC(=O)c2c(C)ccc(/C3=C/C=C(/CCC(C)C)C/C=C\C=C/C3)c2C1)C(CC)C(=O)CC(C)=O. The Hall–Kier alpha value is -2.81. The van der Waals surface area contributed by atoms with Crippen molar-refractivity contribution in [3.8, 4) is 0 Å². The summed E-state index contributed by atoms with van der Waals surface area (Å²) >= 11 is 0. The molecule has 3 heteroatoms. The lowest BCUT2D eigenvalue weighted by molar-refractivity contribution is -0.129. The second-order valence-electron chi connectivity index (χ2n) is 13.5. The van der Waals surface area contributed by atoms with Crippen molar-refractivity contribution >= 4 is 22.9 Å². The molecule has 0 amide bonds. The molecule has 3 unspecified atom stereocenters. The number of hydrogen-bond donors (Lipinski definition) is 0. The maximum atomic E-state index is 13.7. The lowest BCUT2D eigenvalue weighted by atomic mass is 9.71. The monoisotopic (exact) mass is 600 g/mol. The van der Waals surface area contributed by atoms with E-state index in [0.717, 1.165) is 62.5 Å². The lowest BCUT2D eigenvalue weighted by Gasteiger charge is -2.33. The van der Waals surface area contributed by atoms with Crippen LogP contribution in [0.2, 0.25) is 0 Å². The van der Waals surface area contributed by atoms with Gasteiger partial charge < -0.3 is 0 Å². The fourth-order valence-electron chi connectivity index (χ4n) is 6.83. The molecule has 3 nitrogen and oxygen atoms in total. The predicted octanol–water partition coefficient (Wildman–Crippen LogP) is 11.2. The van der Waals surface area contributed by atoms with Crippen LogP contribution in [0.1, 0.15) is 146 Å². The van der Waals surface area contributed by atoms with E-state index in [9.17, 15) is 14.4 Å². The van der Waals surface area contributed by atoms with Gasteiger partial charge in [0, 0.05) is 17.9 Å². The Labute approximate surface area is 269 Å². The number of carbonyl (C=O) groups excluding carboxylic acids is 3. The fourth-order valence-corrected chi connectivity index (χ4v) is 6.83. The Balaban J connectivity index is 0.00000216. The molecule has 0 heterocycles. The Morgan fingerprint density at radius 3 is 2.23 bits per heavy atom. The van der Waals surface area contributed by atoms with Gasteiger partial charge in [0.2, 0.25) is 0 Å². The summed E-state index contributed by atoms with van der Waals surface area (Å²) in [5.41, 5.74) is 7.07. The molecule has 0 fully saturated rings. The summed E-state index contributed by atoms with van der Waals surface area (Å²) in [6.45, 7) is 16.6. The zero-order valence-electron chi connectivity index (χ0n) is 29.1. The molecule has 1 aromatic rings. The molecular formula is C41H60O3. The number of benzene rings is 1. The van der Waals surface area contributed by atoms with Crippen molar-refractivity contribution in [1.82, 2.24) is 0 Å². The molecule has 1 aromatic carbocycles. The standard InChI is InChI=1S/C38H52O3.C3H8/c1-7-13-32(33(8-2)36(40)22-28(6)39)23-30-24-35-34(21-17-27(5)38(35)37(41)25-30)31-15-12-10-9-11-14-29(19-20-31)18-16-26(3)4;1-3-2/h9-12,17,19-21,26,30,32-33H,7-8,13-16,18,22-25H2,1-6H3;3H2,1-2H3/b11-9-,12-10-,29-19+,31-20+;. The Kier molecular flexibility index (Phi) is 16.6. The zero-order valence-corrected chi connectivity index (χ0v) is 29.1. The highest BCUT2D eigenvalue weighted by Crippen LogP contribution is 2.39. The molecule has 3 atom stereocenters. The molecule has 44 heavy (non-hydrogen) atoms. The Bertz CT molecular complexity index is 1220. The van der Waals surface area contributed by atoms with Gasteiger partial charge in [-0.25, -0.2) is 0 Å². The molecule has 0 N–H and O–H groups in total. The molecule has 2 aliphatic rings. The number of aryl methyl sites for hydroxylation is 1. The third-order valence-corrected chi connectivity index (χ3v) is 8.92. The van der Waals surface area contributed by atoms with E-state index in [-0.39, 0.29) is 41.5 Å². The van der Waals surface area contributed by atoms with Gasteiger partial charge in [0.25, 0.3) is 0 Å². The first-order chi connectivity index (χ1) is 21.1. The summed E-state index contributed by atoms with van der Waals surface area (Å²) in [6, 6.07) is 4.34. The first-order valence-electron chi connectivity index (χ1n) is 17.4. The van der Waals surface area contributed by atoms with Crippen molar-refractivity contribution in [3.05, 3.63) is 76.4 Å². The van der Waals surface area contributed by atoms with Gasteiger partial charge in [0.1, 0.15) is 11.6 Å². The predicted molar refractivity (Wildman–Crippen MR) is 188 cm³/mol. The number of Topliss-reactive ketones (excluding diaryl/α,β-unsaturated/α-hetero) is 3. The van der Waals surface area contributed by atoms with Crippen molar-refractivity contribution in [2.75, 3.05) is 0 Å². The molecule has 3 rings (SSSR count). The van der Waals surface area contributed by atoms with Gasteiger partial charge in [0.05, 0.1) is 6.42 Å². The number of ketones is 3. The minimum atomic E-state index is -0.110. The summed E-state index contributed by atoms with van der Waals surface area (Å²) in [5, 5.41) is 0. The van der Waals surface area contributed by atoms with E-state index >= 15 is 0 Å². The molecule has 0 aliphatic heterocycles. The smallest absolute Gasteiger partial charge is 0.163 e. The van der Waals surface area contributed by atoms with Gasteiger partial charge >= 0.3 is 0 Å². The largest absolute Gasteiger partial charge is 0.300 e. The fraction of sp³-hybridized carbons (Fsp3) is 0.585. The van der Waals surface area contributed by atoms with Crippen molar-refractivity contribution < 1.29 is 14.4 Å². The second-order valence-corrected chi connectivity index (χ2v) is 13.5. The number of fused-ring (bicyclic) bond motifs is 1. The van der Waals surface area contributed by atoms with E-state index in [1.54, 1.807) is 0 Å². The van der Waals surface area contributed by atoms with Crippen molar-refractivity contribution in [2.24, 2.45) is 23.7 Å². The van der Waals surface area contributed by atoms with E-state index in [1.165, 1.54) is 42.0 Å². The highest BCUT2D eigenvalue weighted by Gasteiger charge is 2.34. The van der Waals surface area contributed by atoms with E-state index in [4.69, 9.17) is 0 Å². The molecule has 0 radical (unpaired) electrons. The van der Waals surface area contributed by atoms with Crippen LogP contribution in [0.4, 0.5) is 0 Å². The van der Waals surface area contributed by atoms with Gasteiger partial charge in [-0.3, -0.25) is 14.4 Å². The molecule has 0 bridgehead atoms. The van der Waals surface area contributed by atoms with Crippen molar-refractivity contribution in [2.45, 2.75) is 132 Å². The van der Waals surface area contributed by atoms with Crippen LogP contribution in [-0.2, 0) is 16.0 Å². The third-order valence-electron chi connectivity index (χ3n) is 8.92. The van der Waals surface area contributed by atoms with Crippen LogP contribution in [0.3, 0.4) is 0 Å². The molecule has 0 saturated carbocycles. The molecule has 2 aliphatic carbocycles. The second kappa shape index (κ2) is 19.6.